The molecule has 114 valence electrons. The van der Waals surface area contributed by atoms with E-state index in [0.29, 0.717) is 0 Å². The molecule has 0 bridgehead atoms. The number of allylic oxidation sites excluding steroid dienone is 2. The second-order valence-electron chi connectivity index (χ2n) is 7.89. The van der Waals surface area contributed by atoms with Gasteiger partial charge in [0.05, 0.1) is 0 Å². The Morgan fingerprint density at radius 1 is 0.857 bits per heavy atom. The third-order valence-electron chi connectivity index (χ3n) is 6.36. The van der Waals surface area contributed by atoms with Gasteiger partial charge in [0.15, 0.2) is 0 Å². The maximum Gasteiger partial charge on any atom is -0.0119 e. The summed E-state index contributed by atoms with van der Waals surface area (Å²) in [6, 6.07) is 7.40. The van der Waals surface area contributed by atoms with Gasteiger partial charge in [-0.15, -0.1) is 0 Å². The first kappa shape index (κ1) is 14.9. The summed E-state index contributed by atoms with van der Waals surface area (Å²) in [5.41, 5.74) is 8.09. The third kappa shape index (κ3) is 2.82. The largest absolute Gasteiger partial charge is 0.0735 e. The van der Waals surface area contributed by atoms with Crippen LogP contribution in [0, 0.1) is 17.8 Å². The maximum atomic E-state index is 2.54. The molecule has 0 fully saturated rings. The van der Waals surface area contributed by atoms with Crippen molar-refractivity contribution < 1.29 is 0 Å². The molecule has 0 heteroatoms. The Balaban J connectivity index is 1.87. The Labute approximate surface area is 130 Å². The lowest BCUT2D eigenvalue weighted by Gasteiger charge is -2.32. The zero-order valence-corrected chi connectivity index (χ0v) is 14.4. The Hall–Kier alpha value is -1.04. The minimum Gasteiger partial charge on any atom is -0.0735 e. The van der Waals surface area contributed by atoms with E-state index in [2.05, 4.69) is 52.8 Å². The topological polar surface area (TPSA) is 0 Å². The Kier molecular flexibility index (Phi) is 3.99. The summed E-state index contributed by atoms with van der Waals surface area (Å²) in [7, 11) is 0. The highest BCUT2D eigenvalue weighted by molar-refractivity contribution is 5.37. The van der Waals surface area contributed by atoms with Crippen molar-refractivity contribution in [2.45, 2.75) is 66.2 Å². The quantitative estimate of drug-likeness (QED) is 0.562. The highest BCUT2D eigenvalue weighted by Crippen LogP contribution is 2.40. The number of rotatable bonds is 1. The molecule has 0 saturated carbocycles. The van der Waals surface area contributed by atoms with Crippen LogP contribution >= 0.6 is 0 Å². The summed E-state index contributed by atoms with van der Waals surface area (Å²) in [5.74, 6) is 3.16. The van der Waals surface area contributed by atoms with Crippen molar-refractivity contribution in [2.75, 3.05) is 0 Å². The standard InChI is InChI=1S/C21H30/c1-13-8-18-6-7-19(12-21(18)9-14(13)2)20-10-15(3)17(5)16(4)11-20/h6-7,12-15,20H,8-11H2,1-5H3. The van der Waals surface area contributed by atoms with Gasteiger partial charge < -0.3 is 0 Å². The van der Waals surface area contributed by atoms with E-state index in [1.807, 2.05) is 0 Å². The molecule has 0 radical (unpaired) electrons. The van der Waals surface area contributed by atoms with E-state index in [-0.39, 0.29) is 0 Å². The molecule has 0 saturated heterocycles. The van der Waals surface area contributed by atoms with Crippen molar-refractivity contribution in [1.82, 2.24) is 0 Å². The molecule has 4 atom stereocenters. The predicted octanol–water partition coefficient (Wildman–Crippen LogP) is 5.91. The van der Waals surface area contributed by atoms with Gasteiger partial charge in [0.25, 0.3) is 0 Å². The van der Waals surface area contributed by atoms with Crippen LogP contribution in [0.1, 0.15) is 70.1 Å². The average Bonchev–Trinajstić information content (AvgIpc) is 2.45. The second kappa shape index (κ2) is 5.63. The van der Waals surface area contributed by atoms with Crippen LogP contribution in [0.2, 0.25) is 0 Å². The number of benzene rings is 1. The minimum atomic E-state index is 0.739. The number of hydrogen-bond acceptors (Lipinski definition) is 0. The van der Waals surface area contributed by atoms with Crippen molar-refractivity contribution in [3.8, 4) is 0 Å². The third-order valence-corrected chi connectivity index (χ3v) is 6.36. The first-order chi connectivity index (χ1) is 9.95. The molecular weight excluding hydrogens is 252 g/mol. The summed E-state index contributed by atoms with van der Waals surface area (Å²) in [4.78, 5) is 0. The highest BCUT2D eigenvalue weighted by Gasteiger charge is 2.26. The van der Waals surface area contributed by atoms with Gasteiger partial charge in [-0.05, 0) is 79.9 Å². The number of hydrogen-bond donors (Lipinski definition) is 0. The van der Waals surface area contributed by atoms with Crippen molar-refractivity contribution in [1.29, 1.82) is 0 Å². The van der Waals surface area contributed by atoms with Gasteiger partial charge in [-0.1, -0.05) is 50.1 Å². The molecule has 1 aromatic carbocycles. The Morgan fingerprint density at radius 2 is 1.52 bits per heavy atom. The number of fused-ring (bicyclic) bond motifs is 1. The maximum absolute atomic E-state index is 2.54. The van der Waals surface area contributed by atoms with E-state index in [1.54, 1.807) is 27.8 Å². The normalized spacial score (nSPS) is 33.0. The molecule has 1 aromatic rings. The van der Waals surface area contributed by atoms with Crippen molar-refractivity contribution in [2.24, 2.45) is 17.8 Å². The molecule has 0 heterocycles. The van der Waals surface area contributed by atoms with Crippen LogP contribution in [-0.2, 0) is 12.8 Å². The van der Waals surface area contributed by atoms with E-state index < -0.39 is 0 Å². The van der Waals surface area contributed by atoms with Crippen LogP contribution in [0.3, 0.4) is 0 Å². The van der Waals surface area contributed by atoms with Gasteiger partial charge in [0.2, 0.25) is 0 Å². The Morgan fingerprint density at radius 3 is 2.19 bits per heavy atom. The second-order valence-corrected chi connectivity index (χ2v) is 7.89. The van der Waals surface area contributed by atoms with Crippen LogP contribution in [0.5, 0.6) is 0 Å². The van der Waals surface area contributed by atoms with E-state index >= 15 is 0 Å². The first-order valence-corrected chi connectivity index (χ1v) is 8.73. The van der Waals surface area contributed by atoms with Gasteiger partial charge in [-0.2, -0.15) is 0 Å². The molecular formula is C21H30. The molecule has 2 aliphatic rings. The fourth-order valence-electron chi connectivity index (χ4n) is 4.28. The molecule has 4 unspecified atom stereocenters. The molecule has 2 aliphatic carbocycles. The van der Waals surface area contributed by atoms with Crippen LogP contribution in [0.15, 0.2) is 29.3 Å². The molecule has 0 nitrogen and oxygen atoms in total. The molecule has 0 aliphatic heterocycles. The van der Waals surface area contributed by atoms with Crippen molar-refractivity contribution in [3.63, 3.8) is 0 Å². The predicted molar refractivity (Wildman–Crippen MR) is 91.7 cm³/mol. The first-order valence-electron chi connectivity index (χ1n) is 8.73. The summed E-state index contributed by atoms with van der Waals surface area (Å²) in [6.07, 6.45) is 5.14. The summed E-state index contributed by atoms with van der Waals surface area (Å²) >= 11 is 0. The van der Waals surface area contributed by atoms with E-state index in [0.717, 1.165) is 23.7 Å². The van der Waals surface area contributed by atoms with Gasteiger partial charge >= 0.3 is 0 Å². The molecule has 0 spiro atoms. The zero-order chi connectivity index (χ0) is 15.1. The summed E-state index contributed by atoms with van der Waals surface area (Å²) < 4.78 is 0. The van der Waals surface area contributed by atoms with Crippen LogP contribution in [-0.4, -0.2) is 0 Å². The van der Waals surface area contributed by atoms with Gasteiger partial charge in [-0.3, -0.25) is 0 Å². The molecule has 0 N–H and O–H groups in total. The molecule has 21 heavy (non-hydrogen) atoms. The minimum absolute atomic E-state index is 0.739. The van der Waals surface area contributed by atoms with Crippen LogP contribution < -0.4 is 0 Å². The Bertz CT molecular complexity index is 563. The fourth-order valence-corrected chi connectivity index (χ4v) is 4.28. The lowest BCUT2D eigenvalue weighted by Crippen LogP contribution is -2.21. The van der Waals surface area contributed by atoms with Gasteiger partial charge in [0, 0.05) is 0 Å². The SMILES string of the molecule is CC1=C(C)C(C)CC(c2ccc3c(c2)CC(C)C(C)C3)C1. The summed E-state index contributed by atoms with van der Waals surface area (Å²) in [6.45, 7) is 11.9. The van der Waals surface area contributed by atoms with E-state index in [4.69, 9.17) is 0 Å². The van der Waals surface area contributed by atoms with Gasteiger partial charge in [-0.25, -0.2) is 0 Å². The van der Waals surface area contributed by atoms with E-state index in [9.17, 15) is 0 Å². The molecule has 0 aromatic heterocycles. The fraction of sp³-hybridized carbons (Fsp3) is 0.619. The zero-order valence-electron chi connectivity index (χ0n) is 14.4. The van der Waals surface area contributed by atoms with Gasteiger partial charge in [0.1, 0.15) is 0 Å². The molecule has 0 amide bonds. The lowest BCUT2D eigenvalue weighted by atomic mass is 9.73. The van der Waals surface area contributed by atoms with Crippen LogP contribution in [0.25, 0.3) is 0 Å². The van der Waals surface area contributed by atoms with Crippen LogP contribution in [0.4, 0.5) is 0 Å². The lowest BCUT2D eigenvalue weighted by molar-refractivity contribution is 0.360. The van der Waals surface area contributed by atoms with Crippen molar-refractivity contribution in [3.05, 3.63) is 46.0 Å². The smallest absolute Gasteiger partial charge is 0.0119 e. The molecule has 3 rings (SSSR count). The highest BCUT2D eigenvalue weighted by atomic mass is 14.3. The monoisotopic (exact) mass is 282 g/mol. The van der Waals surface area contributed by atoms with Crippen molar-refractivity contribution >= 4 is 0 Å². The summed E-state index contributed by atoms with van der Waals surface area (Å²) in [5, 5.41) is 0. The average molecular weight is 282 g/mol. The van der Waals surface area contributed by atoms with E-state index in [1.165, 1.54) is 25.7 Å².